The van der Waals surface area contributed by atoms with E-state index in [1.54, 1.807) is 6.20 Å². The zero-order chi connectivity index (χ0) is 12.1. The van der Waals surface area contributed by atoms with Gasteiger partial charge in [0, 0.05) is 19.1 Å². The van der Waals surface area contributed by atoms with Gasteiger partial charge in [-0.05, 0) is 32.7 Å². The summed E-state index contributed by atoms with van der Waals surface area (Å²) in [5.74, 6) is 0. The van der Waals surface area contributed by atoms with Crippen molar-refractivity contribution in [2.45, 2.75) is 51.8 Å². The zero-order valence-electron chi connectivity index (χ0n) is 10.7. The number of rotatable bonds is 5. The molecule has 1 fully saturated rings. The van der Waals surface area contributed by atoms with Gasteiger partial charge < -0.3 is 14.6 Å². The minimum absolute atomic E-state index is 0.0834. The molecular formula is C13H23N3O. The summed E-state index contributed by atoms with van der Waals surface area (Å²) in [7, 11) is 0. The lowest BCUT2D eigenvalue weighted by Gasteiger charge is -2.33. The summed E-state index contributed by atoms with van der Waals surface area (Å²) in [6, 6.07) is 0.740. The standard InChI is InChI=1S/C13H23N3O/c1-12-5-2-3-6-15(12)7-4-8-16-11-14-9-13(16)10-17/h9,11-12,17H,2-8,10H2,1H3. The molecule has 1 aromatic heterocycles. The van der Waals surface area contributed by atoms with Crippen LogP contribution in [0.1, 0.15) is 38.3 Å². The van der Waals surface area contributed by atoms with Gasteiger partial charge in [-0.1, -0.05) is 6.42 Å². The molecule has 4 heteroatoms. The molecule has 4 nitrogen and oxygen atoms in total. The third-order valence-electron chi connectivity index (χ3n) is 3.75. The van der Waals surface area contributed by atoms with E-state index < -0.39 is 0 Å². The second-order valence-electron chi connectivity index (χ2n) is 4.97. The Morgan fingerprint density at radius 1 is 1.41 bits per heavy atom. The molecule has 2 heterocycles. The molecule has 0 aromatic carbocycles. The fourth-order valence-electron chi connectivity index (χ4n) is 2.62. The third-order valence-corrected chi connectivity index (χ3v) is 3.75. The highest BCUT2D eigenvalue weighted by Gasteiger charge is 2.17. The molecule has 1 aromatic rings. The first-order valence-electron chi connectivity index (χ1n) is 6.65. The van der Waals surface area contributed by atoms with E-state index in [2.05, 4.69) is 21.4 Å². The highest BCUT2D eigenvalue weighted by atomic mass is 16.3. The van der Waals surface area contributed by atoms with Gasteiger partial charge in [-0.2, -0.15) is 0 Å². The maximum atomic E-state index is 9.13. The second-order valence-corrected chi connectivity index (χ2v) is 4.97. The van der Waals surface area contributed by atoms with Crippen LogP contribution in [0.2, 0.25) is 0 Å². The predicted octanol–water partition coefficient (Wildman–Crippen LogP) is 1.64. The summed E-state index contributed by atoms with van der Waals surface area (Å²) in [6.45, 7) is 5.77. The van der Waals surface area contributed by atoms with Crippen molar-refractivity contribution in [1.29, 1.82) is 0 Å². The van der Waals surface area contributed by atoms with Crippen molar-refractivity contribution < 1.29 is 5.11 Å². The van der Waals surface area contributed by atoms with Gasteiger partial charge in [0.2, 0.25) is 0 Å². The number of aryl methyl sites for hydroxylation is 1. The van der Waals surface area contributed by atoms with Crippen LogP contribution in [0.5, 0.6) is 0 Å². The summed E-state index contributed by atoms with van der Waals surface area (Å²) in [6.07, 6.45) is 8.75. The number of aliphatic hydroxyl groups excluding tert-OH is 1. The lowest BCUT2D eigenvalue weighted by Crippen LogP contribution is -2.38. The van der Waals surface area contributed by atoms with E-state index >= 15 is 0 Å². The first-order chi connectivity index (χ1) is 8.31. The first-order valence-corrected chi connectivity index (χ1v) is 6.65. The van der Waals surface area contributed by atoms with Crippen LogP contribution in [0.15, 0.2) is 12.5 Å². The maximum Gasteiger partial charge on any atom is 0.0948 e. The normalized spacial score (nSPS) is 21.9. The number of aromatic nitrogens is 2. The Balaban J connectivity index is 1.75. The zero-order valence-corrected chi connectivity index (χ0v) is 10.7. The molecule has 1 N–H and O–H groups in total. The van der Waals surface area contributed by atoms with E-state index in [1.165, 1.54) is 25.8 Å². The highest BCUT2D eigenvalue weighted by molar-refractivity contribution is 4.95. The van der Waals surface area contributed by atoms with Crippen molar-refractivity contribution in [1.82, 2.24) is 14.5 Å². The molecule has 17 heavy (non-hydrogen) atoms. The molecule has 0 saturated carbocycles. The summed E-state index contributed by atoms with van der Waals surface area (Å²) in [4.78, 5) is 6.65. The molecule has 96 valence electrons. The van der Waals surface area contributed by atoms with Crippen LogP contribution in [0, 0.1) is 0 Å². The van der Waals surface area contributed by atoms with Crippen molar-refractivity contribution in [3.05, 3.63) is 18.2 Å². The Morgan fingerprint density at radius 2 is 2.29 bits per heavy atom. The molecule has 0 aliphatic carbocycles. The lowest BCUT2D eigenvalue weighted by atomic mass is 10.0. The summed E-state index contributed by atoms with van der Waals surface area (Å²) >= 11 is 0. The van der Waals surface area contributed by atoms with E-state index in [1.807, 2.05) is 6.33 Å². The average molecular weight is 237 g/mol. The van der Waals surface area contributed by atoms with Gasteiger partial charge >= 0.3 is 0 Å². The Kier molecular flexibility index (Phi) is 4.57. The smallest absolute Gasteiger partial charge is 0.0948 e. The van der Waals surface area contributed by atoms with Crippen LogP contribution in [0.4, 0.5) is 0 Å². The number of imidazole rings is 1. The van der Waals surface area contributed by atoms with E-state index in [-0.39, 0.29) is 6.61 Å². The Labute approximate surface area is 103 Å². The van der Waals surface area contributed by atoms with Crippen molar-refractivity contribution in [2.75, 3.05) is 13.1 Å². The number of hydrogen-bond donors (Lipinski definition) is 1. The van der Waals surface area contributed by atoms with Crippen LogP contribution in [0.3, 0.4) is 0 Å². The molecule has 1 aliphatic heterocycles. The average Bonchev–Trinajstić information content (AvgIpc) is 2.79. The Hall–Kier alpha value is -0.870. The predicted molar refractivity (Wildman–Crippen MR) is 67.7 cm³/mol. The molecular weight excluding hydrogens is 214 g/mol. The Bertz CT molecular complexity index is 337. The molecule has 1 saturated heterocycles. The molecule has 1 atom stereocenters. The maximum absolute atomic E-state index is 9.13. The quantitative estimate of drug-likeness (QED) is 0.846. The third kappa shape index (κ3) is 3.30. The van der Waals surface area contributed by atoms with Crippen LogP contribution in [0.25, 0.3) is 0 Å². The van der Waals surface area contributed by atoms with Crippen LogP contribution < -0.4 is 0 Å². The molecule has 0 radical (unpaired) electrons. The lowest BCUT2D eigenvalue weighted by molar-refractivity contribution is 0.156. The summed E-state index contributed by atoms with van der Waals surface area (Å²) in [5, 5.41) is 9.13. The summed E-state index contributed by atoms with van der Waals surface area (Å²) in [5.41, 5.74) is 0.914. The van der Waals surface area contributed by atoms with Crippen molar-refractivity contribution in [2.24, 2.45) is 0 Å². The monoisotopic (exact) mass is 237 g/mol. The Morgan fingerprint density at radius 3 is 3.06 bits per heavy atom. The van der Waals surface area contributed by atoms with Crippen LogP contribution in [-0.4, -0.2) is 38.7 Å². The van der Waals surface area contributed by atoms with Crippen molar-refractivity contribution in [3.63, 3.8) is 0 Å². The number of likely N-dealkylation sites (tertiary alicyclic amines) is 1. The van der Waals surface area contributed by atoms with Gasteiger partial charge in [0.1, 0.15) is 0 Å². The minimum atomic E-state index is 0.0834. The van der Waals surface area contributed by atoms with Gasteiger partial charge in [-0.25, -0.2) is 4.98 Å². The van der Waals surface area contributed by atoms with Crippen LogP contribution >= 0.6 is 0 Å². The molecule has 1 aliphatic rings. The van der Waals surface area contributed by atoms with E-state index in [9.17, 15) is 0 Å². The molecule has 2 rings (SSSR count). The van der Waals surface area contributed by atoms with E-state index in [0.29, 0.717) is 0 Å². The molecule has 1 unspecified atom stereocenters. The number of hydrogen-bond acceptors (Lipinski definition) is 3. The molecule has 0 bridgehead atoms. The fraction of sp³-hybridized carbons (Fsp3) is 0.769. The van der Waals surface area contributed by atoms with Crippen molar-refractivity contribution >= 4 is 0 Å². The van der Waals surface area contributed by atoms with Crippen molar-refractivity contribution in [3.8, 4) is 0 Å². The second kappa shape index (κ2) is 6.17. The minimum Gasteiger partial charge on any atom is -0.390 e. The largest absolute Gasteiger partial charge is 0.390 e. The molecule has 0 amide bonds. The highest BCUT2D eigenvalue weighted by Crippen LogP contribution is 2.16. The number of piperidine rings is 1. The van der Waals surface area contributed by atoms with Crippen LogP contribution in [-0.2, 0) is 13.2 Å². The first kappa shape index (κ1) is 12.6. The van der Waals surface area contributed by atoms with E-state index in [4.69, 9.17) is 5.11 Å². The summed E-state index contributed by atoms with van der Waals surface area (Å²) < 4.78 is 2.05. The fourth-order valence-corrected chi connectivity index (χ4v) is 2.62. The molecule has 0 spiro atoms. The van der Waals surface area contributed by atoms with E-state index in [0.717, 1.165) is 31.2 Å². The SMILES string of the molecule is CC1CCCCN1CCCn1cncc1CO. The van der Waals surface area contributed by atoms with Gasteiger partial charge in [0.05, 0.1) is 24.8 Å². The van der Waals surface area contributed by atoms with Gasteiger partial charge in [0.25, 0.3) is 0 Å². The topological polar surface area (TPSA) is 41.3 Å². The van der Waals surface area contributed by atoms with Gasteiger partial charge in [-0.3, -0.25) is 0 Å². The number of aliphatic hydroxyl groups is 1. The number of nitrogens with zero attached hydrogens (tertiary/aromatic N) is 3. The van der Waals surface area contributed by atoms with Gasteiger partial charge in [0.15, 0.2) is 0 Å². The van der Waals surface area contributed by atoms with Gasteiger partial charge in [-0.15, -0.1) is 0 Å².